The number of hydrogen-bond acceptors (Lipinski definition) is 7. The quantitative estimate of drug-likeness (QED) is 0.493. The molecule has 1 amide bonds. The first kappa shape index (κ1) is 24.8. The molecule has 1 aliphatic heterocycles. The molecule has 9 nitrogen and oxygen atoms in total. The number of carbonyl (C=O) groups excluding carboxylic acids is 1. The predicted molar refractivity (Wildman–Crippen MR) is 125 cm³/mol. The molecule has 10 heteroatoms. The average Bonchev–Trinajstić information content (AvgIpc) is 2.86. The summed E-state index contributed by atoms with van der Waals surface area (Å²) in [7, 11) is -1.02. The Bertz CT molecular complexity index is 1010. The Kier molecular flexibility index (Phi) is 8.93. The van der Waals surface area contributed by atoms with Gasteiger partial charge < -0.3 is 19.5 Å². The summed E-state index contributed by atoms with van der Waals surface area (Å²) in [5, 5.41) is 2.84. The standard InChI is InChI=1S/C23H31N3O6S/c1-30-21-10-9-19(17-22(21)31-2)26(33(28,29)20-7-4-3-5-8-20)18-23(27)24-11-6-12-25-13-15-32-16-14-25/h3-5,7-10,17H,6,11-16,18H2,1-2H3,(H,24,27). The van der Waals surface area contributed by atoms with Gasteiger partial charge in [-0.05, 0) is 37.2 Å². The molecule has 2 aromatic carbocycles. The molecular weight excluding hydrogens is 446 g/mol. The summed E-state index contributed by atoms with van der Waals surface area (Å²) >= 11 is 0. The summed E-state index contributed by atoms with van der Waals surface area (Å²) < 4.78 is 43.8. The third kappa shape index (κ3) is 6.59. The van der Waals surface area contributed by atoms with E-state index in [1.165, 1.54) is 26.4 Å². The van der Waals surface area contributed by atoms with Crippen LogP contribution in [0.15, 0.2) is 53.4 Å². The van der Waals surface area contributed by atoms with E-state index in [2.05, 4.69) is 10.2 Å². The van der Waals surface area contributed by atoms with Crippen LogP contribution >= 0.6 is 0 Å². The van der Waals surface area contributed by atoms with Gasteiger partial charge in [0.2, 0.25) is 5.91 Å². The second kappa shape index (κ2) is 11.9. The highest BCUT2D eigenvalue weighted by Gasteiger charge is 2.28. The van der Waals surface area contributed by atoms with Crippen LogP contribution in [0.3, 0.4) is 0 Å². The SMILES string of the molecule is COc1ccc(N(CC(=O)NCCCN2CCOCC2)S(=O)(=O)c2ccccc2)cc1OC. The summed E-state index contributed by atoms with van der Waals surface area (Å²) in [5.74, 6) is 0.450. The number of anilines is 1. The molecule has 180 valence electrons. The molecule has 0 unspecified atom stereocenters. The van der Waals surface area contributed by atoms with Gasteiger partial charge in [0.15, 0.2) is 11.5 Å². The van der Waals surface area contributed by atoms with E-state index in [4.69, 9.17) is 14.2 Å². The maximum atomic E-state index is 13.4. The Morgan fingerprint density at radius 1 is 1.06 bits per heavy atom. The number of ether oxygens (including phenoxy) is 3. The highest BCUT2D eigenvalue weighted by atomic mass is 32.2. The van der Waals surface area contributed by atoms with Crippen molar-refractivity contribution >= 4 is 21.6 Å². The summed E-state index contributed by atoms with van der Waals surface area (Å²) in [4.78, 5) is 15.1. The molecule has 1 fully saturated rings. The van der Waals surface area contributed by atoms with Crippen LogP contribution in [0.2, 0.25) is 0 Å². The molecule has 0 spiro atoms. The van der Waals surface area contributed by atoms with Crippen LogP contribution < -0.4 is 19.1 Å². The minimum Gasteiger partial charge on any atom is -0.493 e. The molecule has 0 bridgehead atoms. The number of carbonyl (C=O) groups is 1. The van der Waals surface area contributed by atoms with Crippen molar-refractivity contribution in [1.29, 1.82) is 0 Å². The fraction of sp³-hybridized carbons (Fsp3) is 0.435. The Labute approximate surface area is 195 Å². The van der Waals surface area contributed by atoms with Gasteiger partial charge in [-0.15, -0.1) is 0 Å². The van der Waals surface area contributed by atoms with E-state index in [0.717, 1.165) is 43.6 Å². The normalized spacial score (nSPS) is 14.5. The van der Waals surface area contributed by atoms with Gasteiger partial charge in [-0.1, -0.05) is 18.2 Å². The third-order valence-electron chi connectivity index (χ3n) is 5.35. The van der Waals surface area contributed by atoms with Crippen LogP contribution in [0.25, 0.3) is 0 Å². The number of benzene rings is 2. The second-order valence-electron chi connectivity index (χ2n) is 7.52. The van der Waals surface area contributed by atoms with Crippen LogP contribution in [-0.2, 0) is 19.6 Å². The van der Waals surface area contributed by atoms with Gasteiger partial charge in [-0.3, -0.25) is 14.0 Å². The van der Waals surface area contributed by atoms with Crippen molar-refractivity contribution in [1.82, 2.24) is 10.2 Å². The van der Waals surface area contributed by atoms with Crippen molar-refractivity contribution in [2.24, 2.45) is 0 Å². The number of morpholine rings is 1. The summed E-state index contributed by atoms with van der Waals surface area (Å²) in [6, 6.07) is 12.8. The molecule has 0 aliphatic carbocycles. The zero-order chi connectivity index (χ0) is 23.7. The van der Waals surface area contributed by atoms with Crippen molar-refractivity contribution in [3.63, 3.8) is 0 Å². The van der Waals surface area contributed by atoms with E-state index in [1.807, 2.05) is 0 Å². The van der Waals surface area contributed by atoms with Gasteiger partial charge in [-0.2, -0.15) is 0 Å². The number of hydrogen-bond donors (Lipinski definition) is 1. The number of methoxy groups -OCH3 is 2. The topological polar surface area (TPSA) is 97.4 Å². The minimum atomic E-state index is -3.99. The maximum absolute atomic E-state index is 13.4. The molecule has 1 heterocycles. The van der Waals surface area contributed by atoms with Crippen LogP contribution in [0.5, 0.6) is 11.5 Å². The van der Waals surface area contributed by atoms with E-state index in [0.29, 0.717) is 23.7 Å². The van der Waals surface area contributed by atoms with Gasteiger partial charge in [0, 0.05) is 25.7 Å². The molecule has 0 saturated carbocycles. The number of nitrogens with one attached hydrogen (secondary N) is 1. The third-order valence-corrected chi connectivity index (χ3v) is 7.14. The van der Waals surface area contributed by atoms with Crippen molar-refractivity contribution in [2.45, 2.75) is 11.3 Å². The zero-order valence-electron chi connectivity index (χ0n) is 19.0. The number of sulfonamides is 1. The molecule has 3 rings (SSSR count). The van der Waals surface area contributed by atoms with E-state index < -0.39 is 10.0 Å². The first-order valence-electron chi connectivity index (χ1n) is 10.8. The van der Waals surface area contributed by atoms with Gasteiger partial charge in [0.05, 0.1) is 38.0 Å². The van der Waals surface area contributed by atoms with Crippen LogP contribution in [0.4, 0.5) is 5.69 Å². The van der Waals surface area contributed by atoms with Crippen LogP contribution in [0.1, 0.15) is 6.42 Å². The molecule has 1 aliphatic rings. The largest absolute Gasteiger partial charge is 0.493 e. The average molecular weight is 478 g/mol. The second-order valence-corrected chi connectivity index (χ2v) is 9.38. The lowest BCUT2D eigenvalue weighted by Gasteiger charge is -2.27. The lowest BCUT2D eigenvalue weighted by molar-refractivity contribution is -0.119. The molecule has 0 atom stereocenters. The predicted octanol–water partition coefficient (Wildman–Crippen LogP) is 1.74. The Hall–Kier alpha value is -2.82. The lowest BCUT2D eigenvalue weighted by Crippen LogP contribution is -2.42. The van der Waals surface area contributed by atoms with E-state index in [9.17, 15) is 13.2 Å². The number of rotatable bonds is 11. The molecular formula is C23H31N3O6S. The highest BCUT2D eigenvalue weighted by Crippen LogP contribution is 2.33. The molecule has 0 radical (unpaired) electrons. The minimum absolute atomic E-state index is 0.0971. The van der Waals surface area contributed by atoms with Gasteiger partial charge in [0.25, 0.3) is 10.0 Å². The fourth-order valence-electron chi connectivity index (χ4n) is 3.56. The van der Waals surface area contributed by atoms with Crippen molar-refractivity contribution in [2.75, 3.05) is 64.5 Å². The Balaban J connectivity index is 1.74. The summed E-state index contributed by atoms with van der Waals surface area (Å²) in [5.41, 5.74) is 0.306. The van der Waals surface area contributed by atoms with Crippen LogP contribution in [-0.4, -0.2) is 79.4 Å². The molecule has 1 saturated heterocycles. The van der Waals surface area contributed by atoms with Gasteiger partial charge in [0.1, 0.15) is 6.54 Å². The van der Waals surface area contributed by atoms with Crippen molar-refractivity contribution in [3.05, 3.63) is 48.5 Å². The van der Waals surface area contributed by atoms with Crippen molar-refractivity contribution in [3.8, 4) is 11.5 Å². The van der Waals surface area contributed by atoms with E-state index >= 15 is 0 Å². The Morgan fingerprint density at radius 2 is 1.76 bits per heavy atom. The maximum Gasteiger partial charge on any atom is 0.264 e. The van der Waals surface area contributed by atoms with Crippen LogP contribution in [0, 0.1) is 0 Å². The number of amides is 1. The Morgan fingerprint density at radius 3 is 2.42 bits per heavy atom. The molecule has 1 N–H and O–H groups in total. The smallest absolute Gasteiger partial charge is 0.264 e. The summed E-state index contributed by atoms with van der Waals surface area (Å²) in [6.45, 7) is 4.18. The monoisotopic (exact) mass is 477 g/mol. The van der Waals surface area contributed by atoms with E-state index in [1.54, 1.807) is 36.4 Å². The van der Waals surface area contributed by atoms with Gasteiger partial charge >= 0.3 is 0 Å². The molecule has 0 aromatic heterocycles. The van der Waals surface area contributed by atoms with Crippen molar-refractivity contribution < 1.29 is 27.4 Å². The van der Waals surface area contributed by atoms with E-state index in [-0.39, 0.29) is 17.3 Å². The molecule has 2 aromatic rings. The highest BCUT2D eigenvalue weighted by molar-refractivity contribution is 7.92. The fourth-order valence-corrected chi connectivity index (χ4v) is 4.99. The first-order chi connectivity index (χ1) is 16.0. The lowest BCUT2D eigenvalue weighted by atomic mass is 10.2. The zero-order valence-corrected chi connectivity index (χ0v) is 19.8. The van der Waals surface area contributed by atoms with Gasteiger partial charge in [-0.25, -0.2) is 8.42 Å². The first-order valence-corrected chi connectivity index (χ1v) is 12.3. The number of nitrogens with zero attached hydrogens (tertiary/aromatic N) is 2. The summed E-state index contributed by atoms with van der Waals surface area (Å²) in [6.07, 6.45) is 0.771. The molecule has 33 heavy (non-hydrogen) atoms.